The van der Waals surface area contributed by atoms with Gasteiger partial charge in [-0.2, -0.15) is 21.6 Å². The lowest BCUT2D eigenvalue weighted by Crippen LogP contribution is -2.32. The van der Waals surface area contributed by atoms with Crippen molar-refractivity contribution in [2.45, 2.75) is 18.0 Å². The Morgan fingerprint density at radius 3 is 2.83 bits per heavy atom. The fraction of sp³-hybridized carbons (Fsp3) is 0.471. The molecule has 0 amide bonds. The van der Waals surface area contributed by atoms with Crippen molar-refractivity contribution in [3.05, 3.63) is 41.3 Å². The molecule has 2 heterocycles. The summed E-state index contributed by atoms with van der Waals surface area (Å²) in [4.78, 5) is 4.33. The summed E-state index contributed by atoms with van der Waals surface area (Å²) >= 11 is 0. The minimum absolute atomic E-state index is 0.0887. The number of nitrogens with zero attached hydrogens (tertiary/aromatic N) is 1. The van der Waals surface area contributed by atoms with Gasteiger partial charge >= 0.3 is 15.6 Å². The summed E-state index contributed by atoms with van der Waals surface area (Å²) in [5.74, 6) is -0.337. The second-order valence-corrected chi connectivity index (χ2v) is 7.78. The minimum atomic E-state index is -5.73. The molecule has 0 aliphatic carbocycles. The number of fused-ring (bicyclic) bond motifs is 1. The molecule has 0 spiro atoms. The second-order valence-electron chi connectivity index (χ2n) is 6.24. The third-order valence-corrected chi connectivity index (χ3v) is 5.08. The average Bonchev–Trinajstić information content (AvgIpc) is 2.66. The van der Waals surface area contributed by atoms with Gasteiger partial charge in [-0.15, -0.1) is 0 Å². The fourth-order valence-electron chi connectivity index (χ4n) is 2.76. The van der Waals surface area contributed by atoms with Crippen molar-refractivity contribution in [1.82, 2.24) is 0 Å². The van der Waals surface area contributed by atoms with Crippen LogP contribution in [0.15, 0.2) is 35.2 Å². The molecule has 160 valence electrons. The van der Waals surface area contributed by atoms with Crippen LogP contribution in [0, 0.1) is 0 Å². The van der Waals surface area contributed by atoms with E-state index in [1.165, 1.54) is 18.2 Å². The monoisotopic (exact) mass is 436 g/mol. The first-order valence-electron chi connectivity index (χ1n) is 8.63. The summed E-state index contributed by atoms with van der Waals surface area (Å²) < 4.78 is 80.1. The number of allylic oxidation sites excluding steroid dienone is 1. The maximum Gasteiger partial charge on any atom is 0.534 e. The quantitative estimate of drug-likeness (QED) is 0.409. The molecule has 1 aromatic rings. The molecule has 29 heavy (non-hydrogen) atoms. The molecule has 2 aliphatic rings. The largest absolute Gasteiger partial charge is 0.534 e. The fourth-order valence-corrected chi connectivity index (χ4v) is 3.21. The summed E-state index contributed by atoms with van der Waals surface area (Å²) in [5, 5.41) is 0. The van der Waals surface area contributed by atoms with Gasteiger partial charge in [-0.05, 0) is 30.2 Å². The molecule has 8 nitrogen and oxygen atoms in total. The highest BCUT2D eigenvalue weighted by Crippen LogP contribution is 2.29. The molecule has 2 N–H and O–H groups in total. The van der Waals surface area contributed by atoms with Crippen LogP contribution >= 0.6 is 0 Å². The predicted octanol–water partition coefficient (Wildman–Crippen LogP) is 1.49. The van der Waals surface area contributed by atoms with Gasteiger partial charge in [-0.25, -0.2) is 0 Å². The van der Waals surface area contributed by atoms with E-state index in [0.717, 1.165) is 6.07 Å². The normalized spacial score (nSPS) is 20.6. The van der Waals surface area contributed by atoms with Crippen LogP contribution in [0.4, 0.5) is 13.2 Å². The van der Waals surface area contributed by atoms with Crippen molar-refractivity contribution in [3.8, 4) is 5.75 Å². The molecule has 1 saturated heterocycles. The van der Waals surface area contributed by atoms with Gasteiger partial charge in [-0.3, -0.25) is 4.99 Å². The molecule has 1 aromatic carbocycles. The number of aliphatic imine (C=N–C) groups is 1. The smallest absolute Gasteiger partial charge is 0.476 e. The Morgan fingerprint density at radius 2 is 2.14 bits per heavy atom. The zero-order valence-electron chi connectivity index (χ0n) is 15.1. The number of ether oxygens (including phenoxy) is 3. The van der Waals surface area contributed by atoms with Crippen LogP contribution < -0.4 is 9.92 Å². The first kappa shape index (κ1) is 21.4. The number of hydrogen-bond acceptors (Lipinski definition) is 8. The number of benzene rings is 1. The molecule has 1 unspecified atom stereocenters. The van der Waals surface area contributed by atoms with Gasteiger partial charge in [0.15, 0.2) is 5.88 Å². The zero-order chi connectivity index (χ0) is 21.1. The van der Waals surface area contributed by atoms with Crippen molar-refractivity contribution >= 4 is 15.8 Å². The van der Waals surface area contributed by atoms with Gasteiger partial charge in [0, 0.05) is 18.2 Å². The van der Waals surface area contributed by atoms with Crippen LogP contribution in [0.5, 0.6) is 5.75 Å². The predicted molar refractivity (Wildman–Crippen MR) is 95.9 cm³/mol. The van der Waals surface area contributed by atoms with Gasteiger partial charge < -0.3 is 24.1 Å². The molecular weight excluding hydrogens is 417 g/mol. The molecule has 1 fully saturated rings. The third kappa shape index (κ3) is 5.40. The summed E-state index contributed by atoms with van der Waals surface area (Å²) in [6.45, 7) is 1.96. The molecule has 0 aromatic heterocycles. The average molecular weight is 436 g/mol. The van der Waals surface area contributed by atoms with Crippen molar-refractivity contribution < 1.29 is 40.0 Å². The first-order chi connectivity index (χ1) is 13.7. The molecule has 0 radical (unpaired) electrons. The summed E-state index contributed by atoms with van der Waals surface area (Å²) in [6, 6.07) is 3.79. The highest BCUT2D eigenvalue weighted by molar-refractivity contribution is 7.88. The lowest BCUT2D eigenvalue weighted by atomic mass is 9.97. The van der Waals surface area contributed by atoms with E-state index in [-0.39, 0.29) is 18.6 Å². The standard InChI is InChI=1S/C17H19F3N2O6S/c18-17(19,20)29(23,24)28-12-1-2-14-11(7-12)3-4-22-15(14)8-16(21)27-10-13-9-25-5-6-26-13/h1-2,7-8,13H,3-6,9-10,21H2. The number of hydrogen-bond donors (Lipinski definition) is 1. The summed E-state index contributed by atoms with van der Waals surface area (Å²) in [6.07, 6.45) is 1.67. The van der Waals surface area contributed by atoms with Crippen molar-refractivity contribution in [3.63, 3.8) is 0 Å². The van der Waals surface area contributed by atoms with Gasteiger partial charge in [0.25, 0.3) is 0 Å². The highest BCUT2D eigenvalue weighted by atomic mass is 32.2. The number of halogens is 3. The summed E-state index contributed by atoms with van der Waals surface area (Å²) in [7, 11) is -5.73. The second kappa shape index (κ2) is 8.59. The Kier molecular flexibility index (Phi) is 6.34. The Labute approximate surface area is 165 Å². The topological polar surface area (TPSA) is 109 Å². The molecule has 2 aliphatic heterocycles. The van der Waals surface area contributed by atoms with Crippen molar-refractivity contribution in [2.75, 3.05) is 33.0 Å². The minimum Gasteiger partial charge on any atom is -0.476 e. The third-order valence-electron chi connectivity index (χ3n) is 4.11. The van der Waals surface area contributed by atoms with E-state index in [1.54, 1.807) is 0 Å². The SMILES string of the molecule is NC(=CC1=NCCc2cc(OS(=O)(=O)C(F)(F)F)ccc21)OCC1COCCO1. The van der Waals surface area contributed by atoms with Crippen LogP contribution in [0.25, 0.3) is 0 Å². The molecule has 0 saturated carbocycles. The Bertz CT molecular complexity index is 908. The molecule has 12 heteroatoms. The number of rotatable bonds is 6. The molecule has 1 atom stereocenters. The Hall–Kier alpha value is -2.31. The number of nitrogens with two attached hydrogens (primary N) is 1. The van der Waals surface area contributed by atoms with Crippen LogP contribution in [0.2, 0.25) is 0 Å². The molecular formula is C17H19F3N2O6S. The Balaban J connectivity index is 1.70. The highest BCUT2D eigenvalue weighted by Gasteiger charge is 2.48. The number of alkyl halides is 3. The van der Waals surface area contributed by atoms with E-state index >= 15 is 0 Å². The van der Waals surface area contributed by atoms with Gasteiger partial charge in [0.05, 0.1) is 25.5 Å². The van der Waals surface area contributed by atoms with E-state index < -0.39 is 21.4 Å². The maximum absolute atomic E-state index is 12.5. The van der Waals surface area contributed by atoms with Crippen LogP contribution in [0.3, 0.4) is 0 Å². The lowest BCUT2D eigenvalue weighted by molar-refractivity contribution is -0.108. The lowest BCUT2D eigenvalue weighted by Gasteiger charge is -2.23. The van der Waals surface area contributed by atoms with E-state index in [2.05, 4.69) is 9.18 Å². The van der Waals surface area contributed by atoms with Gasteiger partial charge in [0.1, 0.15) is 18.5 Å². The van der Waals surface area contributed by atoms with E-state index in [9.17, 15) is 21.6 Å². The van der Waals surface area contributed by atoms with Crippen molar-refractivity contribution in [2.24, 2.45) is 10.7 Å². The van der Waals surface area contributed by atoms with E-state index in [4.69, 9.17) is 19.9 Å². The zero-order valence-corrected chi connectivity index (χ0v) is 16.0. The van der Waals surface area contributed by atoms with E-state index in [0.29, 0.717) is 49.6 Å². The van der Waals surface area contributed by atoms with Crippen LogP contribution in [0.1, 0.15) is 11.1 Å². The van der Waals surface area contributed by atoms with Gasteiger partial charge in [0.2, 0.25) is 0 Å². The summed E-state index contributed by atoms with van der Waals surface area (Å²) in [5.41, 5.74) is 2.01. The Morgan fingerprint density at radius 1 is 1.34 bits per heavy atom. The first-order valence-corrected chi connectivity index (χ1v) is 10.0. The van der Waals surface area contributed by atoms with Gasteiger partial charge in [-0.1, -0.05) is 0 Å². The van der Waals surface area contributed by atoms with Crippen molar-refractivity contribution in [1.29, 1.82) is 0 Å². The molecule has 3 rings (SSSR count). The molecule has 0 bridgehead atoms. The van der Waals surface area contributed by atoms with E-state index in [1.807, 2.05) is 0 Å². The maximum atomic E-state index is 12.5. The van der Waals surface area contributed by atoms with Crippen LogP contribution in [-0.2, 0) is 30.7 Å². The van der Waals surface area contributed by atoms with Crippen LogP contribution in [-0.4, -0.2) is 58.7 Å².